The molecule has 2 bridgehead atoms. The van der Waals surface area contributed by atoms with Crippen molar-refractivity contribution in [2.45, 2.75) is 31.3 Å². The second kappa shape index (κ2) is 2.46. The maximum Gasteiger partial charge on any atom is 0.113 e. The third kappa shape index (κ3) is 1.09. The van der Waals surface area contributed by atoms with Gasteiger partial charge in [0.15, 0.2) is 0 Å². The van der Waals surface area contributed by atoms with Crippen LogP contribution in [0.15, 0.2) is 0 Å². The summed E-state index contributed by atoms with van der Waals surface area (Å²) in [4.78, 5) is 0. The highest BCUT2D eigenvalue weighted by Crippen LogP contribution is 2.31. The predicted molar refractivity (Wildman–Crippen MR) is 44.4 cm³/mol. The Morgan fingerprint density at radius 2 is 1.64 bits per heavy atom. The number of likely N-dealkylation sites (N-methyl/N-ethyl adjacent to an activating group) is 1. The van der Waals surface area contributed by atoms with Gasteiger partial charge >= 0.3 is 0 Å². The lowest BCUT2D eigenvalue weighted by Crippen LogP contribution is -2.64. The normalized spacial score (nSPS) is 42.0. The van der Waals surface area contributed by atoms with E-state index in [-0.39, 0.29) is 0 Å². The summed E-state index contributed by atoms with van der Waals surface area (Å²) in [7, 11) is 4.72. The summed E-state index contributed by atoms with van der Waals surface area (Å²) in [5.41, 5.74) is 0. The van der Waals surface area contributed by atoms with E-state index in [1.165, 1.54) is 23.7 Å². The van der Waals surface area contributed by atoms with Crippen molar-refractivity contribution < 1.29 is 9.22 Å². The minimum absolute atomic E-state index is 0.780. The zero-order chi connectivity index (χ0) is 7.90. The molecule has 2 aliphatic heterocycles. The van der Waals surface area contributed by atoms with Crippen LogP contribution in [-0.4, -0.2) is 43.9 Å². The Balaban J connectivity index is 2.17. The molecule has 2 nitrogen and oxygen atoms in total. The van der Waals surface area contributed by atoms with Crippen LogP contribution in [0.2, 0.25) is 0 Å². The van der Waals surface area contributed by atoms with Crippen molar-refractivity contribution >= 4 is 0 Å². The fourth-order valence-corrected chi connectivity index (χ4v) is 2.44. The largest absolute Gasteiger partial charge is 0.369 e. The molecule has 11 heavy (non-hydrogen) atoms. The molecule has 2 heteroatoms. The molecule has 2 saturated heterocycles. The Bertz CT molecular complexity index is 132. The molecule has 0 aromatic heterocycles. The minimum atomic E-state index is 0.780. The van der Waals surface area contributed by atoms with Crippen molar-refractivity contribution in [3.05, 3.63) is 0 Å². The fourth-order valence-electron chi connectivity index (χ4n) is 2.44. The van der Waals surface area contributed by atoms with Gasteiger partial charge in [-0.3, -0.25) is 0 Å². The van der Waals surface area contributed by atoms with E-state index >= 15 is 0 Å². The van der Waals surface area contributed by atoms with Crippen molar-refractivity contribution in [3.63, 3.8) is 0 Å². The van der Waals surface area contributed by atoms with E-state index in [0.29, 0.717) is 0 Å². The molecular weight excluding hydrogens is 138 g/mol. The molecule has 0 saturated carbocycles. The van der Waals surface area contributed by atoms with Crippen molar-refractivity contribution in [3.8, 4) is 0 Å². The fraction of sp³-hybridized carbons (Fsp3) is 1.00. The molecule has 0 aromatic carbocycles. The molecule has 0 amide bonds. The summed E-state index contributed by atoms with van der Waals surface area (Å²) in [6.45, 7) is 1.98. The van der Waals surface area contributed by atoms with Gasteiger partial charge < -0.3 is 9.22 Å². The minimum Gasteiger partial charge on any atom is -0.369 e. The number of nitrogens with zero attached hydrogens (tertiary/aromatic N) is 1. The van der Waals surface area contributed by atoms with E-state index in [9.17, 15) is 0 Å². The molecule has 0 spiro atoms. The van der Waals surface area contributed by atoms with Gasteiger partial charge in [-0.2, -0.15) is 0 Å². The van der Waals surface area contributed by atoms with Gasteiger partial charge in [0.05, 0.1) is 27.3 Å². The zero-order valence-corrected chi connectivity index (χ0v) is 7.55. The second-order valence-corrected chi connectivity index (χ2v) is 4.41. The third-order valence-electron chi connectivity index (χ3n) is 3.58. The Hall–Kier alpha value is -0.0800. The highest BCUT2D eigenvalue weighted by atomic mass is 16.5. The molecule has 64 valence electrons. The first-order chi connectivity index (χ1) is 5.21. The lowest BCUT2D eigenvalue weighted by atomic mass is 9.92. The lowest BCUT2D eigenvalue weighted by molar-refractivity contribution is -0.952. The van der Waals surface area contributed by atoms with Crippen LogP contribution in [-0.2, 0) is 4.74 Å². The number of ether oxygens (including phenoxy) is 1. The van der Waals surface area contributed by atoms with Crippen molar-refractivity contribution in [1.29, 1.82) is 0 Å². The van der Waals surface area contributed by atoms with E-state index in [0.717, 1.165) is 25.3 Å². The second-order valence-electron chi connectivity index (χ2n) is 4.41. The number of rotatable bonds is 0. The summed E-state index contributed by atoms with van der Waals surface area (Å²) in [5, 5.41) is 0. The molecule has 2 heterocycles. The number of morpholine rings is 1. The first-order valence-electron chi connectivity index (χ1n) is 4.62. The first kappa shape index (κ1) is 7.56. The summed E-state index contributed by atoms with van der Waals surface area (Å²) >= 11 is 0. The topological polar surface area (TPSA) is 9.23 Å². The van der Waals surface area contributed by atoms with Crippen molar-refractivity contribution in [1.82, 2.24) is 0 Å². The quantitative estimate of drug-likeness (QED) is 0.476. The Labute approximate surface area is 68.7 Å². The number of hydrogen-bond acceptors (Lipinski definition) is 1. The van der Waals surface area contributed by atoms with Crippen LogP contribution in [0.1, 0.15) is 19.3 Å². The molecule has 2 atom stereocenters. The van der Waals surface area contributed by atoms with Crippen molar-refractivity contribution in [2.24, 2.45) is 0 Å². The lowest BCUT2D eigenvalue weighted by Gasteiger charge is -2.50. The monoisotopic (exact) mass is 156 g/mol. The highest BCUT2D eigenvalue weighted by Gasteiger charge is 2.43. The predicted octanol–water partition coefficient (Wildman–Crippen LogP) is 1.01. The molecule has 2 fully saturated rings. The van der Waals surface area contributed by atoms with Crippen LogP contribution >= 0.6 is 0 Å². The first-order valence-corrected chi connectivity index (χ1v) is 4.62. The van der Waals surface area contributed by atoms with E-state index < -0.39 is 0 Å². The molecule has 0 aliphatic carbocycles. The van der Waals surface area contributed by atoms with Gasteiger partial charge in [0.25, 0.3) is 0 Å². The van der Waals surface area contributed by atoms with E-state index in [4.69, 9.17) is 4.74 Å². The molecular formula is C9H18NO+. The number of quaternary nitrogens is 1. The third-order valence-corrected chi connectivity index (χ3v) is 3.58. The average molecular weight is 156 g/mol. The van der Waals surface area contributed by atoms with Crippen LogP contribution in [0.4, 0.5) is 0 Å². The van der Waals surface area contributed by atoms with E-state index in [1.54, 1.807) is 0 Å². The summed E-state index contributed by atoms with van der Waals surface area (Å²) in [6, 6.07) is 1.56. The summed E-state index contributed by atoms with van der Waals surface area (Å²) in [6.07, 6.45) is 4.15. The SMILES string of the molecule is C[N+]1(C)C2CCCC1COC2. The van der Waals surface area contributed by atoms with Gasteiger partial charge in [-0.15, -0.1) is 0 Å². The van der Waals surface area contributed by atoms with Crippen LogP contribution in [0.25, 0.3) is 0 Å². The molecule has 0 N–H and O–H groups in total. The van der Waals surface area contributed by atoms with E-state index in [1.807, 2.05) is 0 Å². The Kier molecular flexibility index (Phi) is 1.69. The molecule has 2 unspecified atom stereocenters. The average Bonchev–Trinajstić information content (AvgIpc) is 1.82. The summed E-state index contributed by atoms with van der Waals surface area (Å²) in [5.74, 6) is 0. The van der Waals surface area contributed by atoms with Gasteiger partial charge in [0, 0.05) is 12.8 Å². The number of piperidine rings is 1. The number of hydrogen-bond donors (Lipinski definition) is 0. The maximum atomic E-state index is 5.56. The van der Waals surface area contributed by atoms with Crippen LogP contribution in [0.3, 0.4) is 0 Å². The smallest absolute Gasteiger partial charge is 0.113 e. The highest BCUT2D eigenvalue weighted by molar-refractivity contribution is 4.75. The van der Waals surface area contributed by atoms with Gasteiger partial charge in [-0.1, -0.05) is 0 Å². The van der Waals surface area contributed by atoms with Crippen molar-refractivity contribution in [2.75, 3.05) is 27.3 Å². The Morgan fingerprint density at radius 1 is 1.09 bits per heavy atom. The maximum absolute atomic E-state index is 5.56. The standard InChI is InChI=1S/C9H18NO/c1-10(2)8-4-3-5-9(10)7-11-6-8/h8-9H,3-7H2,1-2H3/q+1. The van der Waals surface area contributed by atoms with Gasteiger partial charge in [-0.25, -0.2) is 0 Å². The summed E-state index contributed by atoms with van der Waals surface area (Å²) < 4.78 is 6.76. The van der Waals surface area contributed by atoms with Crippen LogP contribution in [0, 0.1) is 0 Å². The van der Waals surface area contributed by atoms with E-state index in [2.05, 4.69) is 14.1 Å². The van der Waals surface area contributed by atoms with Crippen LogP contribution in [0.5, 0.6) is 0 Å². The van der Waals surface area contributed by atoms with Gasteiger partial charge in [-0.05, 0) is 6.42 Å². The van der Waals surface area contributed by atoms with Crippen LogP contribution < -0.4 is 0 Å². The molecule has 0 radical (unpaired) electrons. The zero-order valence-electron chi connectivity index (χ0n) is 7.55. The van der Waals surface area contributed by atoms with Gasteiger partial charge in [0.2, 0.25) is 0 Å². The van der Waals surface area contributed by atoms with Gasteiger partial charge in [0.1, 0.15) is 12.1 Å². The Morgan fingerprint density at radius 3 is 2.09 bits per heavy atom. The molecule has 2 rings (SSSR count). The molecule has 0 aromatic rings. The number of fused-ring (bicyclic) bond motifs is 2. The molecule has 2 aliphatic rings.